The second-order valence-electron chi connectivity index (χ2n) is 8.15. The molecule has 1 unspecified atom stereocenters. The largest absolute Gasteiger partial charge is 0.433 e. The number of pyridine rings is 2. The lowest BCUT2D eigenvalue weighted by molar-refractivity contribution is -0.164. The predicted octanol–water partition coefficient (Wildman–Crippen LogP) is 2.11. The van der Waals surface area contributed by atoms with Crippen LogP contribution in [0.3, 0.4) is 0 Å². The molecule has 37 heavy (non-hydrogen) atoms. The average molecular weight is 526 g/mol. The number of hydrogen-bond acceptors (Lipinski definition) is 8. The maximum atomic E-state index is 13.5. The number of hydrogen-bond donors (Lipinski definition) is 3. The van der Waals surface area contributed by atoms with E-state index in [9.17, 15) is 19.2 Å². The van der Waals surface area contributed by atoms with E-state index < -0.39 is 41.7 Å². The first-order chi connectivity index (χ1) is 17.8. The van der Waals surface area contributed by atoms with Crippen molar-refractivity contribution in [1.29, 1.82) is 0 Å². The molecule has 0 radical (unpaired) electrons. The minimum absolute atomic E-state index is 0.0614. The van der Waals surface area contributed by atoms with Gasteiger partial charge >= 0.3 is 5.97 Å². The molecule has 0 saturated carbocycles. The number of carbonyl (C=O) groups excluding carboxylic acids is 3. The van der Waals surface area contributed by atoms with Crippen LogP contribution in [0.15, 0.2) is 65.8 Å². The number of nitrogens with zero attached hydrogens (tertiary/aromatic N) is 2. The van der Waals surface area contributed by atoms with Crippen LogP contribution in [-0.2, 0) is 19.1 Å². The van der Waals surface area contributed by atoms with Crippen molar-refractivity contribution >= 4 is 40.8 Å². The van der Waals surface area contributed by atoms with E-state index in [1.807, 2.05) is 0 Å². The lowest BCUT2D eigenvalue weighted by atomic mass is 10.1. The van der Waals surface area contributed by atoms with Crippen LogP contribution < -0.4 is 21.9 Å². The second kappa shape index (κ2) is 11.2. The molecule has 0 aliphatic carbocycles. The molecule has 3 atom stereocenters. The van der Waals surface area contributed by atoms with Crippen molar-refractivity contribution in [2.24, 2.45) is 0 Å². The van der Waals surface area contributed by atoms with Crippen molar-refractivity contribution < 1.29 is 23.9 Å². The SMILES string of the molecule is CCO[C@H]1OC(=O)C[C@@H]1NC(=O)C(c1cccnc1)n1cccc(NC(=O)c2ccc(N)c(Cl)c2)c1=O. The molecule has 4 rings (SSSR count). The zero-order chi connectivity index (χ0) is 26.5. The van der Waals surface area contributed by atoms with Crippen LogP contribution in [0.5, 0.6) is 0 Å². The Bertz CT molecular complexity index is 1380. The highest BCUT2D eigenvalue weighted by Gasteiger charge is 2.38. The number of anilines is 2. The van der Waals surface area contributed by atoms with Gasteiger partial charge in [0.05, 0.1) is 17.1 Å². The van der Waals surface area contributed by atoms with Gasteiger partial charge in [0.25, 0.3) is 11.5 Å². The zero-order valence-electron chi connectivity index (χ0n) is 19.7. The summed E-state index contributed by atoms with van der Waals surface area (Å²) in [6.07, 6.45) is 3.39. The Morgan fingerprint density at radius 2 is 2.08 bits per heavy atom. The molecular weight excluding hydrogens is 502 g/mol. The van der Waals surface area contributed by atoms with Crippen molar-refractivity contribution in [3.05, 3.63) is 87.6 Å². The summed E-state index contributed by atoms with van der Waals surface area (Å²) in [6.45, 7) is 2.01. The van der Waals surface area contributed by atoms with E-state index in [0.717, 1.165) is 0 Å². The fraction of sp³-hybridized carbons (Fsp3) is 0.240. The second-order valence-corrected chi connectivity index (χ2v) is 8.55. The molecule has 2 aromatic heterocycles. The minimum Gasteiger partial charge on any atom is -0.433 e. The topological polar surface area (TPSA) is 155 Å². The third-order valence-corrected chi connectivity index (χ3v) is 5.96. The summed E-state index contributed by atoms with van der Waals surface area (Å²) in [7, 11) is 0. The van der Waals surface area contributed by atoms with Crippen molar-refractivity contribution in [2.75, 3.05) is 17.7 Å². The summed E-state index contributed by atoms with van der Waals surface area (Å²) < 4.78 is 11.7. The number of ether oxygens (including phenoxy) is 2. The van der Waals surface area contributed by atoms with E-state index in [1.54, 1.807) is 19.1 Å². The predicted molar refractivity (Wildman–Crippen MR) is 135 cm³/mol. The van der Waals surface area contributed by atoms with E-state index in [-0.39, 0.29) is 29.3 Å². The molecular formula is C25H24ClN5O6. The van der Waals surface area contributed by atoms with Gasteiger partial charge in [0.1, 0.15) is 17.8 Å². The first-order valence-corrected chi connectivity index (χ1v) is 11.7. The molecule has 1 fully saturated rings. The summed E-state index contributed by atoms with van der Waals surface area (Å²) in [5.74, 6) is -1.68. The molecule has 12 heteroatoms. The average Bonchev–Trinajstić information content (AvgIpc) is 3.22. The van der Waals surface area contributed by atoms with Gasteiger partial charge in [0, 0.05) is 36.3 Å². The number of nitrogen functional groups attached to an aromatic ring is 1. The molecule has 1 aromatic carbocycles. The number of aromatic nitrogens is 2. The van der Waals surface area contributed by atoms with Gasteiger partial charge in [-0.15, -0.1) is 0 Å². The quantitative estimate of drug-likeness (QED) is 0.298. The monoisotopic (exact) mass is 525 g/mol. The summed E-state index contributed by atoms with van der Waals surface area (Å²) >= 11 is 6.01. The lowest BCUT2D eigenvalue weighted by Gasteiger charge is -2.24. The Hall–Kier alpha value is -4.22. The summed E-state index contributed by atoms with van der Waals surface area (Å²) in [4.78, 5) is 55.6. The van der Waals surface area contributed by atoms with Crippen molar-refractivity contribution in [3.63, 3.8) is 0 Å². The van der Waals surface area contributed by atoms with E-state index in [0.29, 0.717) is 11.3 Å². The van der Waals surface area contributed by atoms with Crippen LogP contribution in [0.4, 0.5) is 11.4 Å². The van der Waals surface area contributed by atoms with E-state index >= 15 is 0 Å². The summed E-state index contributed by atoms with van der Waals surface area (Å²) in [5, 5.41) is 5.51. The van der Waals surface area contributed by atoms with Gasteiger partial charge in [-0.1, -0.05) is 17.7 Å². The number of esters is 1. The van der Waals surface area contributed by atoms with Crippen molar-refractivity contribution in [2.45, 2.75) is 31.7 Å². The van der Waals surface area contributed by atoms with Crippen LogP contribution >= 0.6 is 11.6 Å². The summed E-state index contributed by atoms with van der Waals surface area (Å²) in [5.41, 5.74) is 5.92. The van der Waals surface area contributed by atoms with Crippen LogP contribution in [0.25, 0.3) is 0 Å². The molecule has 192 valence electrons. The molecule has 2 amide bonds. The molecule has 0 spiro atoms. The Morgan fingerprint density at radius 3 is 2.78 bits per heavy atom. The van der Waals surface area contributed by atoms with Crippen LogP contribution in [-0.4, -0.2) is 46.3 Å². The highest BCUT2D eigenvalue weighted by Crippen LogP contribution is 2.22. The number of cyclic esters (lactones) is 1. The smallest absolute Gasteiger partial charge is 0.310 e. The van der Waals surface area contributed by atoms with Gasteiger partial charge in [-0.05, 0) is 43.3 Å². The number of nitrogens with one attached hydrogen (secondary N) is 2. The first kappa shape index (κ1) is 25.9. The summed E-state index contributed by atoms with van der Waals surface area (Å²) in [6, 6.07) is 8.65. The Balaban J connectivity index is 1.65. The zero-order valence-corrected chi connectivity index (χ0v) is 20.5. The molecule has 1 aliphatic rings. The normalized spacial score (nSPS) is 17.6. The van der Waals surface area contributed by atoms with Crippen LogP contribution in [0.1, 0.15) is 35.3 Å². The van der Waals surface area contributed by atoms with Crippen molar-refractivity contribution in [1.82, 2.24) is 14.9 Å². The molecule has 1 saturated heterocycles. The van der Waals surface area contributed by atoms with Gasteiger partial charge in [0.2, 0.25) is 12.2 Å². The molecule has 0 bridgehead atoms. The highest BCUT2D eigenvalue weighted by molar-refractivity contribution is 6.33. The third kappa shape index (κ3) is 5.79. The first-order valence-electron chi connectivity index (χ1n) is 11.4. The fourth-order valence-corrected chi connectivity index (χ4v) is 4.06. The molecule has 11 nitrogen and oxygen atoms in total. The minimum atomic E-state index is -1.16. The Kier molecular flexibility index (Phi) is 7.85. The number of rotatable bonds is 8. The lowest BCUT2D eigenvalue weighted by Crippen LogP contribution is -2.46. The van der Waals surface area contributed by atoms with E-state index in [2.05, 4.69) is 15.6 Å². The standard InChI is InChI=1S/C25H24ClN5O6/c1-2-36-25-19(12-20(32)37-25)30-23(34)21(15-5-3-9-28-13-15)31-10-4-6-18(24(31)35)29-22(33)14-7-8-17(27)16(26)11-14/h3-11,13,19,21,25H,2,12,27H2,1H3,(H,29,33)(H,30,34)/t19-,21?,25-/m0/s1. The van der Waals surface area contributed by atoms with Gasteiger partial charge in [-0.3, -0.25) is 28.7 Å². The fourth-order valence-electron chi connectivity index (χ4n) is 3.88. The number of amides is 2. The molecule has 3 heterocycles. The van der Waals surface area contributed by atoms with E-state index in [1.165, 1.54) is 53.5 Å². The third-order valence-electron chi connectivity index (χ3n) is 5.63. The molecule has 1 aliphatic heterocycles. The van der Waals surface area contributed by atoms with Gasteiger partial charge in [-0.2, -0.15) is 0 Å². The maximum absolute atomic E-state index is 13.5. The van der Waals surface area contributed by atoms with Crippen molar-refractivity contribution in [3.8, 4) is 0 Å². The Morgan fingerprint density at radius 1 is 1.27 bits per heavy atom. The van der Waals surface area contributed by atoms with Crippen LogP contribution in [0.2, 0.25) is 5.02 Å². The van der Waals surface area contributed by atoms with Gasteiger partial charge in [0.15, 0.2) is 0 Å². The van der Waals surface area contributed by atoms with Gasteiger partial charge < -0.3 is 25.8 Å². The maximum Gasteiger partial charge on any atom is 0.310 e. The van der Waals surface area contributed by atoms with Crippen LogP contribution in [0, 0.1) is 0 Å². The van der Waals surface area contributed by atoms with E-state index in [4.69, 9.17) is 26.8 Å². The molecule has 3 aromatic rings. The number of nitrogens with two attached hydrogens (primary N) is 1. The number of benzene rings is 1. The number of halogens is 1. The van der Waals surface area contributed by atoms with Gasteiger partial charge in [-0.25, -0.2) is 0 Å². The Labute approximate surface area is 216 Å². The number of carbonyl (C=O) groups is 3. The molecule has 4 N–H and O–H groups in total. The highest BCUT2D eigenvalue weighted by atomic mass is 35.5.